The van der Waals surface area contributed by atoms with Crippen LogP contribution in [-0.4, -0.2) is 65.8 Å². The predicted octanol–water partition coefficient (Wildman–Crippen LogP) is 1.68. The van der Waals surface area contributed by atoms with Gasteiger partial charge in [-0.1, -0.05) is 0 Å². The van der Waals surface area contributed by atoms with Crippen LogP contribution in [0.25, 0.3) is 0 Å². The molecule has 0 atom stereocenters. The molecule has 0 spiro atoms. The number of benzene rings is 2. The average molecular weight is 462 g/mol. The van der Waals surface area contributed by atoms with Crippen LogP contribution in [0.1, 0.15) is 0 Å². The average Bonchev–Trinajstić information content (AvgIpc) is 2.74. The van der Waals surface area contributed by atoms with Gasteiger partial charge in [-0.05, 0) is 30.3 Å². The maximum Gasteiger partial charge on any atom is 0.246 e. The first kappa shape index (κ1) is 22.4. The van der Waals surface area contributed by atoms with Gasteiger partial charge >= 0.3 is 0 Å². The molecule has 164 valence electrons. The smallest absolute Gasteiger partial charge is 0.246 e. The zero-order valence-corrected chi connectivity index (χ0v) is 17.8. The van der Waals surface area contributed by atoms with Gasteiger partial charge < -0.3 is 9.47 Å². The normalized spacial score (nSPS) is 16.4. The standard InChI is InChI=1S/C18H20F2N2O6S2/c1-27-14-4-6-16(28-2)18(12-14)30(25,26)22-9-7-21(8-10-22)29(23,24)17-11-13(19)3-5-15(17)20/h3-6,11-12H,7-10H2,1-2H3. The summed E-state index contributed by atoms with van der Waals surface area (Å²) in [5.41, 5.74) is 0. The van der Waals surface area contributed by atoms with E-state index < -0.39 is 36.6 Å². The lowest BCUT2D eigenvalue weighted by Crippen LogP contribution is -2.50. The van der Waals surface area contributed by atoms with Gasteiger partial charge in [0.15, 0.2) is 0 Å². The topological polar surface area (TPSA) is 93.2 Å². The van der Waals surface area contributed by atoms with Crippen LogP contribution in [0.3, 0.4) is 0 Å². The summed E-state index contributed by atoms with van der Waals surface area (Å²) >= 11 is 0. The molecule has 30 heavy (non-hydrogen) atoms. The Hall–Kier alpha value is -2.28. The van der Waals surface area contributed by atoms with Gasteiger partial charge in [0.2, 0.25) is 20.0 Å². The van der Waals surface area contributed by atoms with Crippen molar-refractivity contribution >= 4 is 20.0 Å². The molecular weight excluding hydrogens is 442 g/mol. The Morgan fingerprint density at radius 1 is 0.767 bits per heavy atom. The predicted molar refractivity (Wildman–Crippen MR) is 103 cm³/mol. The molecule has 1 aliphatic heterocycles. The summed E-state index contributed by atoms with van der Waals surface area (Å²) in [5.74, 6) is -1.53. The summed E-state index contributed by atoms with van der Waals surface area (Å²) in [5, 5.41) is 0. The third kappa shape index (κ3) is 4.13. The number of nitrogens with zero attached hydrogens (tertiary/aromatic N) is 2. The number of ether oxygens (including phenoxy) is 2. The van der Waals surface area contributed by atoms with Crippen molar-refractivity contribution in [2.75, 3.05) is 40.4 Å². The maximum absolute atomic E-state index is 14.0. The third-order valence-corrected chi connectivity index (χ3v) is 8.53. The van der Waals surface area contributed by atoms with Gasteiger partial charge in [-0.15, -0.1) is 0 Å². The minimum absolute atomic E-state index is 0.114. The minimum atomic E-state index is -4.32. The molecule has 1 aliphatic rings. The number of rotatable bonds is 6. The quantitative estimate of drug-likeness (QED) is 0.649. The Morgan fingerprint density at radius 2 is 1.33 bits per heavy atom. The van der Waals surface area contributed by atoms with Crippen molar-refractivity contribution in [3.05, 3.63) is 48.0 Å². The van der Waals surface area contributed by atoms with Gasteiger partial charge in [0.1, 0.15) is 32.9 Å². The summed E-state index contributed by atoms with van der Waals surface area (Å²) in [7, 11) is -5.60. The van der Waals surface area contributed by atoms with Crippen LogP contribution in [0.5, 0.6) is 11.5 Å². The fourth-order valence-corrected chi connectivity index (χ4v) is 6.18. The van der Waals surface area contributed by atoms with Gasteiger partial charge in [-0.25, -0.2) is 25.6 Å². The molecule has 0 radical (unpaired) electrons. The highest BCUT2D eigenvalue weighted by Gasteiger charge is 2.36. The summed E-state index contributed by atoms with van der Waals surface area (Å²) < 4.78 is 91.1. The Kier molecular flexibility index (Phi) is 6.32. The number of methoxy groups -OCH3 is 2. The van der Waals surface area contributed by atoms with Gasteiger partial charge in [-0.3, -0.25) is 0 Å². The molecule has 0 unspecified atom stereocenters. The second-order valence-electron chi connectivity index (χ2n) is 6.40. The van der Waals surface area contributed by atoms with Gasteiger partial charge in [0.25, 0.3) is 0 Å². The molecule has 0 amide bonds. The maximum atomic E-state index is 14.0. The van der Waals surface area contributed by atoms with E-state index in [4.69, 9.17) is 9.47 Å². The van der Waals surface area contributed by atoms with E-state index in [1.54, 1.807) is 6.07 Å². The summed E-state index contributed by atoms with van der Waals surface area (Å²) in [6.07, 6.45) is 0. The van der Waals surface area contributed by atoms with Gasteiger partial charge in [0, 0.05) is 32.2 Å². The van der Waals surface area contributed by atoms with Crippen LogP contribution >= 0.6 is 0 Å². The Labute approximate surface area is 173 Å². The molecule has 1 heterocycles. The first-order valence-corrected chi connectivity index (χ1v) is 11.7. The Morgan fingerprint density at radius 3 is 1.87 bits per heavy atom. The van der Waals surface area contributed by atoms with E-state index in [0.717, 1.165) is 20.7 Å². The van der Waals surface area contributed by atoms with Gasteiger partial charge in [0.05, 0.1) is 14.2 Å². The molecule has 0 saturated carbocycles. The number of sulfonamides is 2. The second-order valence-corrected chi connectivity index (χ2v) is 10.2. The lowest BCUT2D eigenvalue weighted by molar-refractivity contribution is 0.271. The van der Waals surface area contributed by atoms with Crippen LogP contribution < -0.4 is 9.47 Å². The van der Waals surface area contributed by atoms with Crippen LogP contribution in [0.4, 0.5) is 8.78 Å². The fraction of sp³-hybridized carbons (Fsp3) is 0.333. The van der Waals surface area contributed by atoms with Crippen molar-refractivity contribution in [1.82, 2.24) is 8.61 Å². The van der Waals surface area contributed by atoms with Crippen LogP contribution in [-0.2, 0) is 20.0 Å². The molecule has 8 nitrogen and oxygen atoms in total. The van der Waals surface area contributed by atoms with Crippen molar-refractivity contribution < 1.29 is 35.1 Å². The molecule has 12 heteroatoms. The molecule has 0 N–H and O–H groups in total. The molecule has 1 saturated heterocycles. The monoisotopic (exact) mass is 462 g/mol. The number of halogens is 2. The zero-order valence-electron chi connectivity index (χ0n) is 16.2. The summed E-state index contributed by atoms with van der Waals surface area (Å²) in [6.45, 7) is -0.772. The molecule has 0 aromatic heterocycles. The van der Waals surface area contributed by atoms with Crippen molar-refractivity contribution in [3.63, 3.8) is 0 Å². The van der Waals surface area contributed by atoms with E-state index in [0.29, 0.717) is 11.8 Å². The van der Waals surface area contributed by atoms with Crippen molar-refractivity contribution in [2.45, 2.75) is 9.79 Å². The second kappa shape index (κ2) is 8.46. The highest BCUT2D eigenvalue weighted by atomic mass is 32.2. The van der Waals surface area contributed by atoms with Crippen molar-refractivity contribution in [3.8, 4) is 11.5 Å². The lowest BCUT2D eigenvalue weighted by Gasteiger charge is -2.33. The van der Waals surface area contributed by atoms with E-state index >= 15 is 0 Å². The number of hydrogen-bond donors (Lipinski definition) is 0. The first-order valence-electron chi connectivity index (χ1n) is 8.78. The van der Waals surface area contributed by atoms with Crippen LogP contribution in [0.15, 0.2) is 46.2 Å². The van der Waals surface area contributed by atoms with E-state index in [-0.39, 0.29) is 36.8 Å². The Bertz CT molecular complexity index is 1150. The van der Waals surface area contributed by atoms with E-state index in [1.807, 2.05) is 0 Å². The molecule has 2 aromatic carbocycles. The van der Waals surface area contributed by atoms with Crippen molar-refractivity contribution in [2.24, 2.45) is 0 Å². The highest BCUT2D eigenvalue weighted by molar-refractivity contribution is 7.89. The third-order valence-electron chi connectivity index (χ3n) is 4.70. The lowest BCUT2D eigenvalue weighted by atomic mass is 10.3. The molecule has 0 bridgehead atoms. The van der Waals surface area contributed by atoms with Crippen LogP contribution in [0.2, 0.25) is 0 Å². The molecular formula is C18H20F2N2O6S2. The Balaban J connectivity index is 1.84. The number of piperazine rings is 1. The fourth-order valence-electron chi connectivity index (χ4n) is 3.09. The zero-order chi connectivity index (χ0) is 22.1. The molecule has 2 aromatic rings. The largest absolute Gasteiger partial charge is 0.497 e. The first-order chi connectivity index (χ1) is 14.1. The van der Waals surface area contributed by atoms with E-state index in [2.05, 4.69) is 0 Å². The summed E-state index contributed by atoms with van der Waals surface area (Å²) in [6, 6.07) is 6.49. The highest BCUT2D eigenvalue weighted by Crippen LogP contribution is 2.31. The van der Waals surface area contributed by atoms with E-state index in [9.17, 15) is 25.6 Å². The van der Waals surface area contributed by atoms with Crippen LogP contribution in [0, 0.1) is 11.6 Å². The molecule has 3 rings (SSSR count). The summed E-state index contributed by atoms with van der Waals surface area (Å²) in [4.78, 5) is -0.898. The van der Waals surface area contributed by atoms with Gasteiger partial charge in [-0.2, -0.15) is 8.61 Å². The number of hydrogen-bond acceptors (Lipinski definition) is 6. The molecule has 1 fully saturated rings. The SMILES string of the molecule is COc1ccc(OC)c(S(=O)(=O)N2CCN(S(=O)(=O)c3cc(F)ccc3F)CC2)c1. The minimum Gasteiger partial charge on any atom is -0.497 e. The van der Waals surface area contributed by atoms with Crippen molar-refractivity contribution in [1.29, 1.82) is 0 Å². The molecule has 0 aliphatic carbocycles. The van der Waals surface area contributed by atoms with E-state index in [1.165, 1.54) is 26.4 Å².